The molecule has 0 atom stereocenters. The Morgan fingerprint density at radius 3 is 1.96 bits per heavy atom. The molecule has 0 radical (unpaired) electrons. The Labute approximate surface area is 163 Å². The lowest BCUT2D eigenvalue weighted by molar-refractivity contribution is 0.120. The van der Waals surface area contributed by atoms with E-state index in [0.717, 1.165) is 22.4 Å². The van der Waals surface area contributed by atoms with Crippen molar-refractivity contribution in [2.45, 2.75) is 12.1 Å². The molecule has 1 heterocycles. The van der Waals surface area contributed by atoms with Crippen LogP contribution in [0.2, 0.25) is 0 Å². The quantitative estimate of drug-likeness (QED) is 0.562. The topological polar surface area (TPSA) is 60.2 Å². The molecule has 0 saturated heterocycles. The van der Waals surface area contributed by atoms with Crippen molar-refractivity contribution in [2.75, 3.05) is 7.11 Å². The van der Waals surface area contributed by atoms with Gasteiger partial charge in [0, 0.05) is 0 Å². The average Bonchev–Trinajstić information content (AvgIpc) is 3.24. The summed E-state index contributed by atoms with van der Waals surface area (Å²) in [6, 6.07) is 26.9. The summed E-state index contributed by atoms with van der Waals surface area (Å²) in [5, 5.41) is 20.3. The summed E-state index contributed by atoms with van der Waals surface area (Å²) in [7, 11) is 1.65. The summed E-state index contributed by atoms with van der Waals surface area (Å²) in [6.07, 6.45) is 1.80. The molecule has 0 spiro atoms. The summed E-state index contributed by atoms with van der Waals surface area (Å²) < 4.78 is 6.93. The van der Waals surface area contributed by atoms with Gasteiger partial charge in [-0.2, -0.15) is 0 Å². The van der Waals surface area contributed by atoms with Crippen molar-refractivity contribution in [3.63, 3.8) is 0 Å². The molecule has 0 aliphatic heterocycles. The lowest BCUT2D eigenvalue weighted by atomic mass is 9.84. The highest BCUT2D eigenvalue weighted by Crippen LogP contribution is 2.35. The number of hydrogen-bond donors (Lipinski definition) is 1. The van der Waals surface area contributed by atoms with Crippen molar-refractivity contribution in [3.8, 4) is 5.75 Å². The molecule has 4 aromatic rings. The highest BCUT2D eigenvalue weighted by atomic mass is 16.5. The zero-order valence-corrected chi connectivity index (χ0v) is 15.6. The minimum absolute atomic E-state index is 0.485. The zero-order chi connectivity index (χ0) is 19.4. The van der Waals surface area contributed by atoms with Gasteiger partial charge < -0.3 is 9.84 Å². The van der Waals surface area contributed by atoms with Crippen molar-refractivity contribution < 1.29 is 9.84 Å². The predicted molar refractivity (Wildman–Crippen MR) is 107 cm³/mol. The summed E-state index contributed by atoms with van der Waals surface area (Å²) in [6.45, 7) is 0.552. The normalized spacial score (nSPS) is 11.4. The lowest BCUT2D eigenvalue weighted by Gasteiger charge is -2.27. The van der Waals surface area contributed by atoms with Crippen LogP contribution in [0.3, 0.4) is 0 Å². The second-order valence-corrected chi connectivity index (χ2v) is 6.59. The van der Waals surface area contributed by atoms with Gasteiger partial charge >= 0.3 is 0 Å². The highest BCUT2D eigenvalue weighted by Gasteiger charge is 2.36. The highest BCUT2D eigenvalue weighted by molar-refractivity contribution is 5.43. The van der Waals surface area contributed by atoms with Crippen LogP contribution >= 0.6 is 0 Å². The zero-order valence-electron chi connectivity index (χ0n) is 15.6. The molecule has 0 unspecified atom stereocenters. The maximum absolute atomic E-state index is 11.7. The number of nitrogens with zero attached hydrogens (tertiary/aromatic N) is 3. The Bertz CT molecular complexity index is 989. The van der Waals surface area contributed by atoms with E-state index in [1.54, 1.807) is 18.0 Å². The number of benzene rings is 3. The Morgan fingerprint density at radius 2 is 1.43 bits per heavy atom. The number of rotatable bonds is 6. The standard InChI is InChI=1S/C23H21N3O2/c1-28-21-14-12-18(13-15-21)16-26-17-22(24-25-26)23(27,19-8-4-2-5-9-19)20-10-6-3-7-11-20/h2-15,17,27H,16H2,1H3. The first-order valence-corrected chi connectivity index (χ1v) is 9.07. The summed E-state index contributed by atoms with van der Waals surface area (Å²) in [5.74, 6) is 0.811. The number of aliphatic hydroxyl groups is 1. The van der Waals surface area contributed by atoms with Crippen molar-refractivity contribution >= 4 is 0 Å². The van der Waals surface area contributed by atoms with Crippen LogP contribution in [0.5, 0.6) is 5.75 Å². The first kappa shape index (κ1) is 17.9. The average molecular weight is 371 g/mol. The summed E-state index contributed by atoms with van der Waals surface area (Å²) in [5.41, 5.74) is 1.68. The van der Waals surface area contributed by atoms with Gasteiger partial charge in [0.15, 0.2) is 5.60 Å². The molecule has 4 rings (SSSR count). The van der Waals surface area contributed by atoms with Gasteiger partial charge in [0.25, 0.3) is 0 Å². The molecule has 1 aromatic heterocycles. The monoisotopic (exact) mass is 371 g/mol. The number of hydrogen-bond acceptors (Lipinski definition) is 4. The van der Waals surface area contributed by atoms with E-state index in [1.807, 2.05) is 84.9 Å². The molecule has 0 aliphatic rings. The Kier molecular flexibility index (Phi) is 4.91. The fourth-order valence-electron chi connectivity index (χ4n) is 3.28. The molecule has 0 amide bonds. The molecule has 0 fully saturated rings. The first-order valence-electron chi connectivity index (χ1n) is 9.07. The third kappa shape index (κ3) is 3.40. The molecular weight excluding hydrogens is 350 g/mol. The van der Waals surface area contributed by atoms with Crippen LogP contribution in [0.15, 0.2) is 91.1 Å². The maximum atomic E-state index is 11.7. The molecule has 0 bridgehead atoms. The van der Waals surface area contributed by atoms with Gasteiger partial charge in [0.05, 0.1) is 19.9 Å². The third-order valence-corrected chi connectivity index (χ3v) is 4.80. The van der Waals surface area contributed by atoms with Crippen LogP contribution in [0, 0.1) is 0 Å². The first-order chi connectivity index (χ1) is 13.7. The van der Waals surface area contributed by atoms with Gasteiger partial charge in [-0.3, -0.25) is 0 Å². The molecule has 28 heavy (non-hydrogen) atoms. The van der Waals surface area contributed by atoms with Crippen LogP contribution in [0.4, 0.5) is 0 Å². The smallest absolute Gasteiger partial charge is 0.160 e. The van der Waals surface area contributed by atoms with Crippen molar-refractivity contribution in [1.29, 1.82) is 0 Å². The molecular formula is C23H21N3O2. The van der Waals surface area contributed by atoms with Gasteiger partial charge in [0.2, 0.25) is 0 Å². The van der Waals surface area contributed by atoms with E-state index in [9.17, 15) is 5.11 Å². The van der Waals surface area contributed by atoms with Crippen LogP contribution in [0.25, 0.3) is 0 Å². The number of ether oxygens (including phenoxy) is 1. The lowest BCUT2D eigenvalue weighted by Crippen LogP contribution is -2.29. The van der Waals surface area contributed by atoms with E-state index in [4.69, 9.17) is 4.74 Å². The second-order valence-electron chi connectivity index (χ2n) is 6.59. The van der Waals surface area contributed by atoms with Gasteiger partial charge in [-0.15, -0.1) is 5.10 Å². The van der Waals surface area contributed by atoms with Gasteiger partial charge in [-0.1, -0.05) is 78.0 Å². The largest absolute Gasteiger partial charge is 0.497 e. The number of aromatic nitrogens is 3. The molecule has 5 heteroatoms. The third-order valence-electron chi connectivity index (χ3n) is 4.80. The molecule has 140 valence electrons. The van der Waals surface area contributed by atoms with Crippen molar-refractivity contribution in [2.24, 2.45) is 0 Å². The van der Waals surface area contributed by atoms with Crippen molar-refractivity contribution in [3.05, 3.63) is 114 Å². The molecule has 0 saturated carbocycles. The van der Waals surface area contributed by atoms with Gasteiger partial charge in [0.1, 0.15) is 11.4 Å². The van der Waals surface area contributed by atoms with E-state index in [1.165, 1.54) is 0 Å². The summed E-state index contributed by atoms with van der Waals surface area (Å²) >= 11 is 0. The van der Waals surface area contributed by atoms with Crippen LogP contribution in [-0.2, 0) is 12.1 Å². The molecule has 3 aromatic carbocycles. The minimum atomic E-state index is -1.37. The fourth-order valence-corrected chi connectivity index (χ4v) is 3.28. The van der Waals surface area contributed by atoms with E-state index < -0.39 is 5.60 Å². The molecule has 1 N–H and O–H groups in total. The van der Waals surface area contributed by atoms with Crippen molar-refractivity contribution in [1.82, 2.24) is 15.0 Å². The van der Waals surface area contributed by atoms with E-state index in [0.29, 0.717) is 12.2 Å². The van der Waals surface area contributed by atoms with Gasteiger partial charge in [-0.05, 0) is 28.8 Å². The fraction of sp³-hybridized carbons (Fsp3) is 0.130. The second kappa shape index (κ2) is 7.66. The Balaban J connectivity index is 1.70. The number of methoxy groups -OCH3 is 1. The SMILES string of the molecule is COc1ccc(Cn2cc(C(O)(c3ccccc3)c3ccccc3)nn2)cc1. The Morgan fingerprint density at radius 1 is 0.857 bits per heavy atom. The maximum Gasteiger partial charge on any atom is 0.160 e. The molecule has 5 nitrogen and oxygen atoms in total. The van der Waals surface area contributed by atoms with E-state index in [-0.39, 0.29) is 0 Å². The van der Waals surface area contributed by atoms with Crippen LogP contribution in [-0.4, -0.2) is 27.2 Å². The van der Waals surface area contributed by atoms with Crippen LogP contribution < -0.4 is 4.74 Å². The van der Waals surface area contributed by atoms with Crippen LogP contribution in [0.1, 0.15) is 22.4 Å². The van der Waals surface area contributed by atoms with E-state index >= 15 is 0 Å². The molecule has 0 aliphatic carbocycles. The summed E-state index contributed by atoms with van der Waals surface area (Å²) in [4.78, 5) is 0. The Hall–Kier alpha value is -3.44. The predicted octanol–water partition coefficient (Wildman–Crippen LogP) is 3.62. The van der Waals surface area contributed by atoms with Gasteiger partial charge in [-0.25, -0.2) is 4.68 Å². The van der Waals surface area contributed by atoms with E-state index in [2.05, 4.69) is 10.3 Å². The minimum Gasteiger partial charge on any atom is -0.497 e.